The van der Waals surface area contributed by atoms with E-state index in [0.717, 1.165) is 24.5 Å². The van der Waals surface area contributed by atoms with Crippen LogP contribution in [0.3, 0.4) is 0 Å². The first-order chi connectivity index (χ1) is 11.5. The van der Waals surface area contributed by atoms with Gasteiger partial charge in [0.05, 0.1) is 12.7 Å². The molecule has 1 N–H and O–H groups in total. The summed E-state index contributed by atoms with van der Waals surface area (Å²) < 4.78 is 11.0. The van der Waals surface area contributed by atoms with Crippen molar-refractivity contribution in [2.45, 2.75) is 32.4 Å². The first-order valence-corrected chi connectivity index (χ1v) is 8.42. The van der Waals surface area contributed by atoms with Gasteiger partial charge < -0.3 is 19.2 Å². The maximum Gasteiger partial charge on any atom is 0.339 e. The summed E-state index contributed by atoms with van der Waals surface area (Å²) >= 11 is 1.34. The van der Waals surface area contributed by atoms with Crippen LogP contribution in [0.5, 0.6) is 0 Å². The Hall–Kier alpha value is -2.19. The third-order valence-corrected chi connectivity index (χ3v) is 4.96. The number of aryl methyl sites for hydroxylation is 1. The fourth-order valence-corrected chi connectivity index (χ4v) is 3.63. The first-order valence-electron chi connectivity index (χ1n) is 7.61. The standard InChI is InChI=1S/C16H18N2O5S/c1-9-11(16(20)21)6-10(23-9)8-18(2)15(19)13-7-17-14(24-13)12-4-3-5-22-12/h6-7,12H,3-5,8H2,1-2H3,(H,20,21). The topological polar surface area (TPSA) is 92.9 Å². The number of carboxylic acids is 1. The predicted octanol–water partition coefficient (Wildman–Crippen LogP) is 2.87. The molecular formula is C16H18N2O5S. The Bertz CT molecular complexity index is 760. The molecule has 0 spiro atoms. The van der Waals surface area contributed by atoms with Crippen LogP contribution in [0.25, 0.3) is 0 Å². The average molecular weight is 350 g/mol. The largest absolute Gasteiger partial charge is 0.478 e. The van der Waals surface area contributed by atoms with Gasteiger partial charge in [0.25, 0.3) is 5.91 Å². The van der Waals surface area contributed by atoms with Crippen molar-refractivity contribution in [2.24, 2.45) is 0 Å². The third-order valence-electron chi connectivity index (χ3n) is 3.88. The smallest absolute Gasteiger partial charge is 0.339 e. The second-order valence-corrected chi connectivity index (χ2v) is 6.78. The van der Waals surface area contributed by atoms with Crippen LogP contribution in [-0.4, -0.2) is 40.5 Å². The lowest BCUT2D eigenvalue weighted by Gasteiger charge is -2.14. The highest BCUT2D eigenvalue weighted by Gasteiger charge is 2.24. The van der Waals surface area contributed by atoms with Crippen LogP contribution in [0.2, 0.25) is 0 Å². The summed E-state index contributed by atoms with van der Waals surface area (Å²) in [4.78, 5) is 29.9. The quantitative estimate of drug-likeness (QED) is 0.891. The third kappa shape index (κ3) is 3.34. The van der Waals surface area contributed by atoms with Gasteiger partial charge in [-0.15, -0.1) is 11.3 Å². The van der Waals surface area contributed by atoms with Crippen LogP contribution in [0.15, 0.2) is 16.7 Å². The average Bonchev–Trinajstić information content (AvgIpc) is 3.26. The molecule has 1 amide bonds. The number of ether oxygens (including phenoxy) is 1. The van der Waals surface area contributed by atoms with Gasteiger partial charge in [-0.25, -0.2) is 9.78 Å². The predicted molar refractivity (Wildman–Crippen MR) is 86.2 cm³/mol. The first kappa shape index (κ1) is 16.7. The molecule has 1 unspecified atom stereocenters. The second-order valence-electron chi connectivity index (χ2n) is 5.71. The van der Waals surface area contributed by atoms with Gasteiger partial charge in [-0.2, -0.15) is 0 Å². The molecule has 128 valence electrons. The number of nitrogens with zero attached hydrogens (tertiary/aromatic N) is 2. The van der Waals surface area contributed by atoms with Gasteiger partial charge in [0.2, 0.25) is 0 Å². The highest BCUT2D eigenvalue weighted by molar-refractivity contribution is 7.13. The van der Waals surface area contributed by atoms with E-state index in [1.54, 1.807) is 20.2 Å². The minimum Gasteiger partial charge on any atom is -0.478 e. The number of aromatic carboxylic acids is 1. The minimum absolute atomic E-state index is 0.00676. The summed E-state index contributed by atoms with van der Waals surface area (Å²) in [7, 11) is 1.64. The van der Waals surface area contributed by atoms with Gasteiger partial charge in [0, 0.05) is 13.7 Å². The molecule has 0 bridgehead atoms. The molecule has 3 heterocycles. The number of carbonyl (C=O) groups excluding carboxylic acids is 1. The fourth-order valence-electron chi connectivity index (χ4n) is 2.64. The zero-order chi connectivity index (χ0) is 17.3. The highest BCUT2D eigenvalue weighted by Crippen LogP contribution is 2.31. The van der Waals surface area contributed by atoms with E-state index in [0.29, 0.717) is 16.4 Å². The summed E-state index contributed by atoms with van der Waals surface area (Å²) in [5, 5.41) is 9.87. The van der Waals surface area contributed by atoms with Crippen molar-refractivity contribution < 1.29 is 23.8 Å². The number of aromatic nitrogens is 1. The molecule has 0 aromatic carbocycles. The molecule has 3 rings (SSSR count). The fraction of sp³-hybridized carbons (Fsp3) is 0.438. The summed E-state index contributed by atoms with van der Waals surface area (Å²) in [6.45, 7) is 2.52. The van der Waals surface area contributed by atoms with Crippen LogP contribution < -0.4 is 0 Å². The van der Waals surface area contributed by atoms with Crippen molar-refractivity contribution in [3.8, 4) is 0 Å². The lowest BCUT2D eigenvalue weighted by Crippen LogP contribution is -2.25. The maximum absolute atomic E-state index is 12.5. The van der Waals surface area contributed by atoms with Crippen molar-refractivity contribution in [3.05, 3.63) is 39.2 Å². The lowest BCUT2D eigenvalue weighted by atomic mass is 10.2. The monoisotopic (exact) mass is 350 g/mol. The summed E-state index contributed by atoms with van der Waals surface area (Å²) in [5.41, 5.74) is 0.115. The van der Waals surface area contributed by atoms with E-state index in [-0.39, 0.29) is 24.1 Å². The van der Waals surface area contributed by atoms with Crippen molar-refractivity contribution in [1.82, 2.24) is 9.88 Å². The molecule has 2 aromatic heterocycles. The molecule has 1 fully saturated rings. The summed E-state index contributed by atoms with van der Waals surface area (Å²) in [6.07, 6.45) is 3.50. The van der Waals surface area contributed by atoms with E-state index in [1.165, 1.54) is 22.3 Å². The molecule has 0 aliphatic carbocycles. The molecule has 7 nitrogen and oxygen atoms in total. The molecule has 0 radical (unpaired) electrons. The Morgan fingerprint density at radius 3 is 2.92 bits per heavy atom. The van der Waals surface area contributed by atoms with E-state index in [2.05, 4.69) is 4.98 Å². The molecule has 1 atom stereocenters. The molecule has 8 heteroatoms. The van der Waals surface area contributed by atoms with Crippen molar-refractivity contribution in [1.29, 1.82) is 0 Å². The van der Waals surface area contributed by atoms with E-state index < -0.39 is 5.97 Å². The zero-order valence-electron chi connectivity index (χ0n) is 13.4. The number of hydrogen-bond donors (Lipinski definition) is 1. The van der Waals surface area contributed by atoms with E-state index in [4.69, 9.17) is 14.3 Å². The Labute approximate surface area is 142 Å². The maximum atomic E-state index is 12.5. The number of furan rings is 1. The Balaban J connectivity index is 1.68. The van der Waals surface area contributed by atoms with Gasteiger partial charge in [0.1, 0.15) is 33.1 Å². The molecule has 1 saturated heterocycles. The number of hydrogen-bond acceptors (Lipinski definition) is 6. The Morgan fingerprint density at radius 2 is 2.29 bits per heavy atom. The Morgan fingerprint density at radius 1 is 1.50 bits per heavy atom. The van der Waals surface area contributed by atoms with Crippen LogP contribution in [0, 0.1) is 6.92 Å². The van der Waals surface area contributed by atoms with Crippen molar-refractivity contribution in [3.63, 3.8) is 0 Å². The molecule has 1 aliphatic heterocycles. The molecule has 1 aliphatic rings. The van der Waals surface area contributed by atoms with Crippen LogP contribution in [0.1, 0.15) is 55.5 Å². The normalized spacial score (nSPS) is 17.2. The molecule has 24 heavy (non-hydrogen) atoms. The van der Waals surface area contributed by atoms with Crippen LogP contribution in [-0.2, 0) is 11.3 Å². The SMILES string of the molecule is Cc1oc(CN(C)C(=O)c2cnc(C3CCCO3)s2)cc1C(=O)O. The number of rotatable bonds is 5. The second kappa shape index (κ2) is 6.74. The van der Waals surface area contributed by atoms with E-state index in [1.807, 2.05) is 0 Å². The Kier molecular flexibility index (Phi) is 4.68. The number of amides is 1. The summed E-state index contributed by atoms with van der Waals surface area (Å²) in [5.74, 6) is -0.454. The molecule has 2 aromatic rings. The lowest BCUT2D eigenvalue weighted by molar-refractivity contribution is 0.0694. The van der Waals surface area contributed by atoms with Crippen LogP contribution >= 0.6 is 11.3 Å². The number of carbonyl (C=O) groups is 2. The molecular weight excluding hydrogens is 332 g/mol. The summed E-state index contributed by atoms with van der Waals surface area (Å²) in [6, 6.07) is 1.45. The van der Waals surface area contributed by atoms with Gasteiger partial charge >= 0.3 is 5.97 Å². The zero-order valence-corrected chi connectivity index (χ0v) is 14.3. The van der Waals surface area contributed by atoms with E-state index in [9.17, 15) is 9.59 Å². The van der Waals surface area contributed by atoms with E-state index >= 15 is 0 Å². The van der Waals surface area contributed by atoms with Crippen molar-refractivity contribution in [2.75, 3.05) is 13.7 Å². The minimum atomic E-state index is -1.04. The van der Waals surface area contributed by atoms with Crippen LogP contribution in [0.4, 0.5) is 0 Å². The highest BCUT2D eigenvalue weighted by atomic mass is 32.1. The number of carboxylic acid groups (broad SMARTS) is 1. The molecule has 0 saturated carbocycles. The van der Waals surface area contributed by atoms with Crippen molar-refractivity contribution >= 4 is 23.2 Å². The van der Waals surface area contributed by atoms with Gasteiger partial charge in [-0.3, -0.25) is 4.79 Å². The van der Waals surface area contributed by atoms with Gasteiger partial charge in [0.15, 0.2) is 0 Å². The number of thiazole rings is 1. The van der Waals surface area contributed by atoms with Gasteiger partial charge in [-0.1, -0.05) is 0 Å². The van der Waals surface area contributed by atoms with Gasteiger partial charge in [-0.05, 0) is 25.8 Å².